The van der Waals surface area contributed by atoms with Gasteiger partial charge in [-0.05, 0) is 11.8 Å². The average Bonchev–Trinajstić information content (AvgIpc) is 2.70. The number of hydrogen-bond donors (Lipinski definition) is 1. The average molecular weight is 304 g/mol. The van der Waals surface area contributed by atoms with Gasteiger partial charge < -0.3 is 0 Å². The Morgan fingerprint density at radius 2 is 1.89 bits per heavy atom. The molecule has 1 fully saturated rings. The highest BCUT2D eigenvalue weighted by Gasteiger charge is 2.63. The first kappa shape index (κ1) is 14.4. The van der Waals surface area contributed by atoms with Crippen molar-refractivity contribution in [1.29, 1.82) is 0 Å². The fraction of sp³-hybridized carbons (Fsp3) is 0.700. The van der Waals surface area contributed by atoms with Crippen LogP contribution in [0.4, 0.5) is 5.13 Å². The molecule has 1 heterocycles. The molecule has 0 bridgehead atoms. The number of amides is 1. The highest BCUT2D eigenvalue weighted by molar-refractivity contribution is 7.91. The number of primary sulfonamides is 1. The third kappa shape index (κ3) is 2.26. The third-order valence-corrected chi connectivity index (χ3v) is 6.18. The molecule has 19 heavy (non-hydrogen) atoms. The van der Waals surface area contributed by atoms with Crippen LogP contribution in [-0.4, -0.2) is 31.6 Å². The summed E-state index contributed by atoms with van der Waals surface area (Å²) >= 11 is 0.790. The van der Waals surface area contributed by atoms with Crippen molar-refractivity contribution in [3.05, 3.63) is 0 Å². The molecule has 9 heteroatoms. The van der Waals surface area contributed by atoms with E-state index in [1.54, 1.807) is 7.05 Å². The van der Waals surface area contributed by atoms with E-state index < -0.39 is 15.4 Å². The van der Waals surface area contributed by atoms with E-state index in [-0.39, 0.29) is 20.8 Å². The number of nitrogens with two attached hydrogens (primary N) is 1. The van der Waals surface area contributed by atoms with E-state index in [1.807, 2.05) is 20.8 Å². The standard InChI is InChI=1S/C10H16N4O3S2/c1-9(2)5-10(9,3)6(15)14(4)7-12-13-8(18-7)19(11,16)17/h5H2,1-4H3,(H2,11,16,17). The van der Waals surface area contributed by atoms with E-state index in [1.165, 1.54) is 4.90 Å². The lowest BCUT2D eigenvalue weighted by Gasteiger charge is -2.20. The van der Waals surface area contributed by atoms with Crippen LogP contribution in [0.25, 0.3) is 0 Å². The lowest BCUT2D eigenvalue weighted by molar-refractivity contribution is -0.123. The molecule has 2 rings (SSSR count). The number of hydrogen-bond acceptors (Lipinski definition) is 6. The minimum absolute atomic E-state index is 0.0498. The lowest BCUT2D eigenvalue weighted by Crippen LogP contribution is -2.34. The second-order valence-corrected chi connectivity index (χ2v) is 8.34. The van der Waals surface area contributed by atoms with Crippen LogP contribution >= 0.6 is 11.3 Å². The zero-order chi connectivity index (χ0) is 14.6. The predicted octanol–water partition coefficient (Wildman–Crippen LogP) is 0.585. The zero-order valence-electron chi connectivity index (χ0n) is 11.2. The Morgan fingerprint density at radius 1 is 1.37 bits per heavy atom. The van der Waals surface area contributed by atoms with Gasteiger partial charge in [-0.25, -0.2) is 13.6 Å². The van der Waals surface area contributed by atoms with Crippen LogP contribution in [0.5, 0.6) is 0 Å². The summed E-state index contributed by atoms with van der Waals surface area (Å²) < 4.78 is 22.0. The molecular weight excluding hydrogens is 288 g/mol. The fourth-order valence-electron chi connectivity index (χ4n) is 2.11. The summed E-state index contributed by atoms with van der Waals surface area (Å²) in [6.07, 6.45) is 0.796. The monoisotopic (exact) mass is 304 g/mol. The molecule has 1 aliphatic rings. The minimum atomic E-state index is -3.88. The van der Waals surface area contributed by atoms with Gasteiger partial charge in [-0.2, -0.15) is 0 Å². The van der Waals surface area contributed by atoms with Crippen LogP contribution in [0.2, 0.25) is 0 Å². The summed E-state index contributed by atoms with van der Waals surface area (Å²) in [6, 6.07) is 0. The van der Waals surface area contributed by atoms with Gasteiger partial charge in [-0.1, -0.05) is 32.1 Å². The molecule has 106 valence electrons. The summed E-state index contributed by atoms with van der Waals surface area (Å²) in [5.41, 5.74) is -0.485. The first-order valence-electron chi connectivity index (χ1n) is 5.63. The molecule has 7 nitrogen and oxygen atoms in total. The van der Waals surface area contributed by atoms with Gasteiger partial charge in [0.05, 0.1) is 5.41 Å². The van der Waals surface area contributed by atoms with Gasteiger partial charge in [-0.15, -0.1) is 10.2 Å². The molecule has 0 saturated heterocycles. The number of rotatable bonds is 3. The second-order valence-electron chi connectivity index (χ2n) is 5.65. The van der Waals surface area contributed by atoms with Crippen LogP contribution in [0.1, 0.15) is 27.2 Å². The van der Waals surface area contributed by atoms with Crippen molar-refractivity contribution in [1.82, 2.24) is 10.2 Å². The molecule has 1 atom stereocenters. The van der Waals surface area contributed by atoms with Crippen LogP contribution in [0.3, 0.4) is 0 Å². The topological polar surface area (TPSA) is 106 Å². The maximum atomic E-state index is 12.4. The largest absolute Gasteiger partial charge is 0.289 e. The molecule has 1 aliphatic carbocycles. The van der Waals surface area contributed by atoms with Crippen molar-refractivity contribution in [2.75, 3.05) is 11.9 Å². The third-order valence-electron chi connectivity index (χ3n) is 3.87. The summed E-state index contributed by atoms with van der Waals surface area (Å²) in [4.78, 5) is 13.7. The highest BCUT2D eigenvalue weighted by Crippen LogP contribution is 2.64. The van der Waals surface area contributed by atoms with Crippen molar-refractivity contribution in [3.8, 4) is 0 Å². The highest BCUT2D eigenvalue weighted by atomic mass is 32.2. The molecule has 1 saturated carbocycles. The van der Waals surface area contributed by atoms with E-state index in [9.17, 15) is 13.2 Å². The lowest BCUT2D eigenvalue weighted by atomic mass is 9.97. The van der Waals surface area contributed by atoms with Gasteiger partial charge in [0.15, 0.2) is 0 Å². The Hall–Kier alpha value is -1.06. The molecule has 1 aromatic heterocycles. The molecule has 0 aliphatic heterocycles. The summed E-state index contributed by atoms with van der Waals surface area (Å²) in [6.45, 7) is 5.94. The maximum absolute atomic E-state index is 12.4. The van der Waals surface area contributed by atoms with Crippen LogP contribution in [0.15, 0.2) is 4.34 Å². The number of nitrogens with zero attached hydrogens (tertiary/aromatic N) is 3. The van der Waals surface area contributed by atoms with E-state index in [0.29, 0.717) is 0 Å². The summed E-state index contributed by atoms with van der Waals surface area (Å²) in [7, 11) is -2.31. The van der Waals surface area contributed by atoms with Crippen molar-refractivity contribution >= 4 is 32.4 Å². The Balaban J connectivity index is 2.24. The van der Waals surface area contributed by atoms with Crippen molar-refractivity contribution in [2.45, 2.75) is 31.5 Å². The van der Waals surface area contributed by atoms with Gasteiger partial charge >= 0.3 is 0 Å². The maximum Gasteiger partial charge on any atom is 0.267 e. The van der Waals surface area contributed by atoms with E-state index in [0.717, 1.165) is 17.8 Å². The SMILES string of the molecule is CN(C(=O)C1(C)CC1(C)C)c1nnc(S(N)(=O)=O)s1. The van der Waals surface area contributed by atoms with Crippen LogP contribution in [0, 0.1) is 10.8 Å². The number of sulfonamides is 1. The van der Waals surface area contributed by atoms with Crippen molar-refractivity contribution in [3.63, 3.8) is 0 Å². The van der Waals surface area contributed by atoms with Crippen LogP contribution in [-0.2, 0) is 14.8 Å². The van der Waals surface area contributed by atoms with E-state index in [4.69, 9.17) is 5.14 Å². The Bertz CT molecular complexity index is 637. The normalized spacial score (nSPS) is 25.1. The predicted molar refractivity (Wildman–Crippen MR) is 71.2 cm³/mol. The quantitative estimate of drug-likeness (QED) is 0.822. The van der Waals surface area contributed by atoms with Gasteiger partial charge in [0.2, 0.25) is 15.4 Å². The smallest absolute Gasteiger partial charge is 0.267 e. The molecule has 2 N–H and O–H groups in total. The van der Waals surface area contributed by atoms with E-state index >= 15 is 0 Å². The molecule has 1 amide bonds. The first-order chi connectivity index (χ1) is 8.49. The van der Waals surface area contributed by atoms with Crippen molar-refractivity contribution < 1.29 is 13.2 Å². The summed E-state index contributed by atoms with van der Waals surface area (Å²) in [5, 5.41) is 12.4. The van der Waals surface area contributed by atoms with E-state index in [2.05, 4.69) is 10.2 Å². The zero-order valence-corrected chi connectivity index (χ0v) is 12.8. The molecular formula is C10H16N4O3S2. The Morgan fingerprint density at radius 3 is 2.26 bits per heavy atom. The number of carbonyl (C=O) groups is 1. The van der Waals surface area contributed by atoms with Gasteiger partial charge in [0.25, 0.3) is 10.0 Å². The number of aromatic nitrogens is 2. The van der Waals surface area contributed by atoms with Gasteiger partial charge in [0.1, 0.15) is 0 Å². The minimum Gasteiger partial charge on any atom is -0.289 e. The second kappa shape index (κ2) is 3.97. The molecule has 0 aromatic carbocycles. The molecule has 0 radical (unpaired) electrons. The first-order valence-corrected chi connectivity index (χ1v) is 8.00. The Labute approximate surface area is 115 Å². The van der Waals surface area contributed by atoms with Gasteiger partial charge in [0, 0.05) is 7.05 Å². The molecule has 1 unspecified atom stereocenters. The van der Waals surface area contributed by atoms with Crippen molar-refractivity contribution in [2.24, 2.45) is 16.0 Å². The van der Waals surface area contributed by atoms with Crippen LogP contribution < -0.4 is 10.0 Å². The fourth-order valence-corrected chi connectivity index (χ4v) is 3.50. The number of anilines is 1. The molecule has 1 aromatic rings. The summed E-state index contributed by atoms with van der Waals surface area (Å²) in [5.74, 6) is -0.0883. The number of carbonyl (C=O) groups excluding carboxylic acids is 1. The Kier molecular flexibility index (Phi) is 3.00. The van der Waals surface area contributed by atoms with Gasteiger partial charge in [-0.3, -0.25) is 9.69 Å². The molecule has 0 spiro atoms.